The Balaban J connectivity index is 1.38. The number of amides is 2. The average Bonchev–Trinajstić information content (AvgIpc) is 2.84. The van der Waals surface area contributed by atoms with Crippen molar-refractivity contribution < 1.29 is 9.59 Å². The Morgan fingerprint density at radius 2 is 1.59 bits per heavy atom. The number of carbonyl (C=O) groups is 2. The lowest BCUT2D eigenvalue weighted by atomic mass is 10.1. The minimum atomic E-state index is -0.458. The van der Waals surface area contributed by atoms with E-state index in [1.807, 2.05) is 47.4 Å². The van der Waals surface area contributed by atoms with E-state index in [1.54, 1.807) is 13.1 Å². The number of piperazine rings is 1. The Morgan fingerprint density at radius 3 is 2.21 bits per heavy atom. The quantitative estimate of drug-likeness (QED) is 0.519. The van der Waals surface area contributed by atoms with Crippen LogP contribution in [0.15, 0.2) is 60.8 Å². The summed E-state index contributed by atoms with van der Waals surface area (Å²) in [6, 6.07) is 17.0. The summed E-state index contributed by atoms with van der Waals surface area (Å²) in [7, 11) is 0. The number of nitrogens with one attached hydrogen (secondary N) is 2. The molecule has 3 aromatic rings. The van der Waals surface area contributed by atoms with Crippen molar-refractivity contribution in [2.45, 2.75) is 19.9 Å². The fourth-order valence-corrected chi connectivity index (χ4v) is 3.86. The van der Waals surface area contributed by atoms with Crippen molar-refractivity contribution >= 4 is 34.8 Å². The van der Waals surface area contributed by atoms with E-state index in [2.05, 4.69) is 37.6 Å². The van der Waals surface area contributed by atoms with Crippen LogP contribution < -0.4 is 21.3 Å². The molecule has 2 aromatic carbocycles. The SMILES string of the molecule is CC(=O)Nc1ccc(-c2ccnc(Nc3ccc(N4CCN(C(=O)[C@H](C)N)CC4)cc3)n2)cc1. The highest BCUT2D eigenvalue weighted by molar-refractivity contribution is 5.89. The Labute approximate surface area is 199 Å². The van der Waals surface area contributed by atoms with E-state index >= 15 is 0 Å². The second kappa shape index (κ2) is 10.3. The molecular formula is C25H29N7O2. The van der Waals surface area contributed by atoms with Crippen LogP contribution in [0.25, 0.3) is 11.3 Å². The van der Waals surface area contributed by atoms with Gasteiger partial charge in [0.1, 0.15) is 0 Å². The van der Waals surface area contributed by atoms with Crippen LogP contribution in [0.5, 0.6) is 0 Å². The van der Waals surface area contributed by atoms with Gasteiger partial charge in [-0.05, 0) is 49.4 Å². The lowest BCUT2D eigenvalue weighted by Gasteiger charge is -2.36. The van der Waals surface area contributed by atoms with Crippen molar-refractivity contribution in [1.29, 1.82) is 0 Å². The second-order valence-corrected chi connectivity index (χ2v) is 8.30. The van der Waals surface area contributed by atoms with E-state index in [4.69, 9.17) is 5.73 Å². The first-order valence-corrected chi connectivity index (χ1v) is 11.3. The average molecular weight is 460 g/mol. The number of hydrogen-bond acceptors (Lipinski definition) is 7. The van der Waals surface area contributed by atoms with Gasteiger partial charge in [0.2, 0.25) is 17.8 Å². The van der Waals surface area contributed by atoms with Crippen molar-refractivity contribution in [3.05, 3.63) is 60.8 Å². The first-order valence-electron chi connectivity index (χ1n) is 11.3. The fraction of sp³-hybridized carbons (Fsp3) is 0.280. The zero-order valence-electron chi connectivity index (χ0n) is 19.4. The molecule has 9 nitrogen and oxygen atoms in total. The molecule has 4 rings (SSSR count). The number of carbonyl (C=O) groups excluding carboxylic acids is 2. The summed E-state index contributed by atoms with van der Waals surface area (Å²) in [5.41, 5.74) is 10.2. The number of nitrogens with zero attached hydrogens (tertiary/aromatic N) is 4. The molecule has 34 heavy (non-hydrogen) atoms. The van der Waals surface area contributed by atoms with Crippen molar-refractivity contribution in [3.8, 4) is 11.3 Å². The summed E-state index contributed by atoms with van der Waals surface area (Å²) < 4.78 is 0. The fourth-order valence-electron chi connectivity index (χ4n) is 3.86. The smallest absolute Gasteiger partial charge is 0.239 e. The maximum atomic E-state index is 12.1. The predicted molar refractivity (Wildman–Crippen MR) is 134 cm³/mol. The molecule has 4 N–H and O–H groups in total. The van der Waals surface area contributed by atoms with Crippen LogP contribution in [0.1, 0.15) is 13.8 Å². The molecule has 0 bridgehead atoms. The minimum absolute atomic E-state index is 0.00472. The maximum absolute atomic E-state index is 12.1. The summed E-state index contributed by atoms with van der Waals surface area (Å²) in [4.78, 5) is 36.3. The molecule has 1 atom stereocenters. The normalized spacial score (nSPS) is 14.4. The molecule has 1 fully saturated rings. The second-order valence-electron chi connectivity index (χ2n) is 8.30. The van der Waals surface area contributed by atoms with Crippen LogP contribution in [0.3, 0.4) is 0 Å². The van der Waals surface area contributed by atoms with Crippen LogP contribution in [0.2, 0.25) is 0 Å². The molecule has 1 aromatic heterocycles. The van der Waals surface area contributed by atoms with Crippen LogP contribution in [0.4, 0.5) is 23.0 Å². The van der Waals surface area contributed by atoms with Crippen molar-refractivity contribution in [1.82, 2.24) is 14.9 Å². The third-order valence-corrected chi connectivity index (χ3v) is 5.63. The van der Waals surface area contributed by atoms with Crippen molar-refractivity contribution in [3.63, 3.8) is 0 Å². The van der Waals surface area contributed by atoms with Crippen LogP contribution in [-0.4, -0.2) is 58.9 Å². The molecule has 176 valence electrons. The Bertz CT molecular complexity index is 1140. The number of benzene rings is 2. The van der Waals surface area contributed by atoms with Gasteiger partial charge in [-0.15, -0.1) is 0 Å². The monoisotopic (exact) mass is 459 g/mol. The molecule has 1 saturated heterocycles. The third-order valence-electron chi connectivity index (χ3n) is 5.63. The molecular weight excluding hydrogens is 430 g/mol. The van der Waals surface area contributed by atoms with Gasteiger partial charge in [-0.25, -0.2) is 9.97 Å². The number of rotatable bonds is 6. The number of hydrogen-bond donors (Lipinski definition) is 3. The zero-order valence-corrected chi connectivity index (χ0v) is 19.4. The Hall–Kier alpha value is -3.98. The molecule has 2 amide bonds. The van der Waals surface area contributed by atoms with E-state index in [-0.39, 0.29) is 11.8 Å². The van der Waals surface area contributed by atoms with Gasteiger partial charge in [0.25, 0.3) is 0 Å². The molecule has 0 unspecified atom stereocenters. The largest absolute Gasteiger partial charge is 0.368 e. The van der Waals surface area contributed by atoms with Gasteiger partial charge in [0.05, 0.1) is 11.7 Å². The van der Waals surface area contributed by atoms with Gasteiger partial charge in [-0.1, -0.05) is 12.1 Å². The lowest BCUT2D eigenvalue weighted by molar-refractivity contribution is -0.132. The van der Waals surface area contributed by atoms with Crippen LogP contribution >= 0.6 is 0 Å². The summed E-state index contributed by atoms with van der Waals surface area (Å²) in [5.74, 6) is 0.398. The van der Waals surface area contributed by atoms with Gasteiger partial charge >= 0.3 is 0 Å². The maximum Gasteiger partial charge on any atom is 0.239 e. The highest BCUT2D eigenvalue weighted by atomic mass is 16.2. The molecule has 1 aliphatic heterocycles. The Morgan fingerprint density at radius 1 is 0.941 bits per heavy atom. The standard InChI is InChI=1S/C25H29N7O2/c1-17(26)24(34)32-15-13-31(14-16-32)22-9-7-21(8-10-22)29-25-27-12-11-23(30-25)19-3-5-20(6-4-19)28-18(2)33/h3-12,17H,13-16,26H2,1-2H3,(H,28,33)(H,27,29,30)/t17-/m0/s1. The molecule has 0 saturated carbocycles. The van der Waals surface area contributed by atoms with Crippen LogP contribution in [-0.2, 0) is 9.59 Å². The summed E-state index contributed by atoms with van der Waals surface area (Å²) in [5, 5.41) is 6.01. The van der Waals surface area contributed by atoms with E-state index in [1.165, 1.54) is 6.92 Å². The van der Waals surface area contributed by atoms with Gasteiger partial charge < -0.3 is 26.2 Å². The van der Waals surface area contributed by atoms with Gasteiger partial charge in [-0.2, -0.15) is 0 Å². The third kappa shape index (κ3) is 5.68. The van der Waals surface area contributed by atoms with Gasteiger partial charge in [-0.3, -0.25) is 9.59 Å². The highest BCUT2D eigenvalue weighted by Gasteiger charge is 2.23. The predicted octanol–water partition coefficient (Wildman–Crippen LogP) is 2.84. The molecule has 0 radical (unpaired) electrons. The first kappa shape index (κ1) is 23.2. The minimum Gasteiger partial charge on any atom is -0.368 e. The van der Waals surface area contributed by atoms with Crippen molar-refractivity contribution in [2.24, 2.45) is 5.73 Å². The zero-order chi connectivity index (χ0) is 24.1. The number of aromatic nitrogens is 2. The molecule has 0 aliphatic carbocycles. The highest BCUT2D eigenvalue weighted by Crippen LogP contribution is 2.23. The molecule has 1 aliphatic rings. The summed E-state index contributed by atoms with van der Waals surface area (Å²) in [6.07, 6.45) is 1.71. The molecule has 9 heteroatoms. The van der Waals surface area contributed by atoms with Gasteiger partial charge in [0, 0.05) is 61.9 Å². The summed E-state index contributed by atoms with van der Waals surface area (Å²) in [6.45, 7) is 6.10. The molecule has 0 spiro atoms. The van der Waals surface area contributed by atoms with E-state index in [0.29, 0.717) is 19.0 Å². The van der Waals surface area contributed by atoms with E-state index < -0.39 is 6.04 Å². The topological polar surface area (TPSA) is 116 Å². The van der Waals surface area contributed by atoms with Crippen LogP contribution in [0, 0.1) is 0 Å². The Kier molecular flexibility index (Phi) is 7.03. The number of anilines is 4. The van der Waals surface area contributed by atoms with E-state index in [9.17, 15) is 9.59 Å². The van der Waals surface area contributed by atoms with E-state index in [0.717, 1.165) is 41.4 Å². The lowest BCUT2D eigenvalue weighted by Crippen LogP contribution is -2.52. The summed E-state index contributed by atoms with van der Waals surface area (Å²) >= 11 is 0. The van der Waals surface area contributed by atoms with Crippen molar-refractivity contribution in [2.75, 3.05) is 41.7 Å². The first-order chi connectivity index (χ1) is 16.4. The number of nitrogens with two attached hydrogens (primary N) is 1. The van der Waals surface area contributed by atoms with Gasteiger partial charge in [0.15, 0.2) is 0 Å². The molecule has 2 heterocycles.